The molecule has 3 rings (SSSR count). The van der Waals surface area contributed by atoms with Gasteiger partial charge in [-0.25, -0.2) is 13.4 Å². The number of sulfonamides is 1. The van der Waals surface area contributed by atoms with Gasteiger partial charge in [-0.15, -0.1) is 11.3 Å². The fraction of sp³-hybridized carbons (Fsp3) is 0.167. The number of benzene rings is 2. The molecule has 0 atom stereocenters. The van der Waals surface area contributed by atoms with Crippen molar-refractivity contribution in [1.82, 2.24) is 4.98 Å². The van der Waals surface area contributed by atoms with Crippen molar-refractivity contribution in [3.8, 4) is 11.3 Å². The van der Waals surface area contributed by atoms with Crippen molar-refractivity contribution >= 4 is 26.5 Å². The van der Waals surface area contributed by atoms with Gasteiger partial charge in [0.05, 0.1) is 11.4 Å². The summed E-state index contributed by atoms with van der Waals surface area (Å²) in [4.78, 5) is 4.39. The summed E-state index contributed by atoms with van der Waals surface area (Å²) in [6.45, 7) is 2.11. The first-order chi connectivity index (χ1) is 11.6. The van der Waals surface area contributed by atoms with Crippen molar-refractivity contribution in [2.24, 2.45) is 0 Å². The highest BCUT2D eigenvalue weighted by atomic mass is 32.2. The van der Waals surface area contributed by atoms with E-state index in [0.717, 1.165) is 23.2 Å². The number of rotatable bonds is 6. The minimum absolute atomic E-state index is 0.0616. The lowest BCUT2D eigenvalue weighted by atomic mass is 10.1. The van der Waals surface area contributed by atoms with Crippen LogP contribution in [0.5, 0.6) is 0 Å². The molecule has 0 aliphatic rings. The van der Waals surface area contributed by atoms with Gasteiger partial charge in [-0.1, -0.05) is 61.5 Å². The monoisotopic (exact) mass is 358 g/mol. The molecular weight excluding hydrogens is 340 g/mol. The Labute approximate surface area is 146 Å². The molecular formula is C18H18N2O2S2. The van der Waals surface area contributed by atoms with E-state index in [-0.39, 0.29) is 5.75 Å². The number of nitrogens with zero attached hydrogens (tertiary/aromatic N) is 1. The third-order valence-electron chi connectivity index (χ3n) is 3.60. The normalized spacial score (nSPS) is 11.4. The molecule has 2 aromatic carbocycles. The Kier molecular flexibility index (Phi) is 4.97. The maximum absolute atomic E-state index is 12.3. The van der Waals surface area contributed by atoms with Crippen LogP contribution in [0.1, 0.15) is 18.1 Å². The van der Waals surface area contributed by atoms with Crippen molar-refractivity contribution in [2.75, 3.05) is 4.72 Å². The molecule has 0 aliphatic heterocycles. The zero-order chi connectivity index (χ0) is 17.0. The molecule has 0 saturated carbocycles. The van der Waals surface area contributed by atoms with Crippen LogP contribution >= 0.6 is 11.3 Å². The van der Waals surface area contributed by atoms with Gasteiger partial charge in [0.1, 0.15) is 0 Å². The molecule has 1 N–H and O–H groups in total. The van der Waals surface area contributed by atoms with Gasteiger partial charge in [0.15, 0.2) is 5.13 Å². The Bertz CT molecular complexity index is 902. The zero-order valence-electron chi connectivity index (χ0n) is 13.3. The van der Waals surface area contributed by atoms with Crippen molar-refractivity contribution in [3.63, 3.8) is 0 Å². The molecule has 6 heteroatoms. The van der Waals surface area contributed by atoms with E-state index in [0.29, 0.717) is 5.13 Å². The maximum Gasteiger partial charge on any atom is 0.238 e. The highest BCUT2D eigenvalue weighted by Gasteiger charge is 2.14. The van der Waals surface area contributed by atoms with Crippen molar-refractivity contribution in [3.05, 3.63) is 71.1 Å². The van der Waals surface area contributed by atoms with Crippen LogP contribution in [0.25, 0.3) is 11.3 Å². The number of anilines is 1. The Hall–Kier alpha value is -2.18. The second-order valence-electron chi connectivity index (χ2n) is 5.44. The summed E-state index contributed by atoms with van der Waals surface area (Å²) < 4.78 is 27.1. The van der Waals surface area contributed by atoms with Gasteiger partial charge >= 0.3 is 0 Å². The first-order valence-electron chi connectivity index (χ1n) is 7.65. The molecule has 4 nitrogen and oxygen atoms in total. The van der Waals surface area contributed by atoms with Crippen LogP contribution in [0.3, 0.4) is 0 Å². The summed E-state index contributed by atoms with van der Waals surface area (Å²) in [6, 6.07) is 17.2. The largest absolute Gasteiger partial charge is 0.258 e. The minimum Gasteiger partial charge on any atom is -0.258 e. The maximum atomic E-state index is 12.3. The van der Waals surface area contributed by atoms with Crippen molar-refractivity contribution in [2.45, 2.75) is 19.1 Å². The Morgan fingerprint density at radius 2 is 1.71 bits per heavy atom. The first-order valence-corrected chi connectivity index (χ1v) is 10.2. The summed E-state index contributed by atoms with van der Waals surface area (Å²) in [7, 11) is -3.47. The predicted octanol–water partition coefficient (Wildman–Crippen LogP) is 4.31. The Balaban J connectivity index is 1.73. The summed E-state index contributed by atoms with van der Waals surface area (Å²) in [6.07, 6.45) is 0.988. The van der Waals surface area contributed by atoms with Crippen molar-refractivity contribution < 1.29 is 8.42 Å². The van der Waals surface area contributed by atoms with Crippen LogP contribution < -0.4 is 4.72 Å². The van der Waals surface area contributed by atoms with Gasteiger partial charge in [-0.05, 0) is 17.5 Å². The van der Waals surface area contributed by atoms with Crippen LogP contribution in [0.15, 0.2) is 60.0 Å². The summed E-state index contributed by atoms with van der Waals surface area (Å²) in [5.41, 5.74) is 3.77. The van der Waals surface area contributed by atoms with E-state index >= 15 is 0 Å². The molecule has 0 fully saturated rings. The van der Waals surface area contributed by atoms with Crippen LogP contribution in [-0.4, -0.2) is 13.4 Å². The highest BCUT2D eigenvalue weighted by molar-refractivity contribution is 7.92. The third kappa shape index (κ3) is 4.21. The van der Waals surface area contributed by atoms with Gasteiger partial charge in [0.2, 0.25) is 10.0 Å². The Morgan fingerprint density at radius 3 is 2.38 bits per heavy atom. The first kappa shape index (κ1) is 16.7. The van der Waals surface area contributed by atoms with E-state index in [1.807, 2.05) is 35.7 Å². The second kappa shape index (κ2) is 7.15. The lowest BCUT2D eigenvalue weighted by molar-refractivity contribution is 0.600. The smallest absolute Gasteiger partial charge is 0.238 e. The lowest BCUT2D eigenvalue weighted by Gasteiger charge is -2.05. The Morgan fingerprint density at radius 1 is 1.00 bits per heavy atom. The molecule has 0 radical (unpaired) electrons. The number of thiazole rings is 1. The van der Waals surface area contributed by atoms with Crippen LogP contribution in [-0.2, 0) is 22.2 Å². The molecule has 0 saturated heterocycles. The highest BCUT2D eigenvalue weighted by Crippen LogP contribution is 2.26. The number of hydrogen-bond donors (Lipinski definition) is 1. The lowest BCUT2D eigenvalue weighted by Crippen LogP contribution is -2.14. The molecule has 1 aromatic heterocycles. The van der Waals surface area contributed by atoms with Crippen LogP contribution in [0.2, 0.25) is 0 Å². The summed E-state index contributed by atoms with van der Waals surface area (Å²) >= 11 is 1.29. The van der Waals surface area contributed by atoms with Crippen molar-refractivity contribution in [1.29, 1.82) is 0 Å². The van der Waals surface area contributed by atoms with Gasteiger partial charge in [-0.2, -0.15) is 0 Å². The van der Waals surface area contributed by atoms with E-state index in [9.17, 15) is 8.42 Å². The van der Waals surface area contributed by atoms with Crippen LogP contribution in [0.4, 0.5) is 5.13 Å². The fourth-order valence-corrected chi connectivity index (χ4v) is 4.48. The molecule has 0 unspecified atom stereocenters. The average molecular weight is 358 g/mol. The second-order valence-corrected chi connectivity index (χ2v) is 8.02. The number of nitrogens with one attached hydrogen (secondary N) is 1. The molecule has 0 spiro atoms. The van der Waals surface area contributed by atoms with Gasteiger partial charge < -0.3 is 0 Å². The van der Waals surface area contributed by atoms with Gasteiger partial charge in [0.25, 0.3) is 0 Å². The van der Waals surface area contributed by atoms with E-state index in [4.69, 9.17) is 0 Å². The molecule has 3 aromatic rings. The van der Waals surface area contributed by atoms with E-state index < -0.39 is 10.0 Å². The number of aromatic nitrogens is 1. The fourth-order valence-electron chi connectivity index (χ4n) is 2.33. The van der Waals surface area contributed by atoms with E-state index in [2.05, 4.69) is 28.8 Å². The molecule has 0 aliphatic carbocycles. The topological polar surface area (TPSA) is 59.1 Å². The van der Waals surface area contributed by atoms with E-state index in [1.54, 1.807) is 12.1 Å². The predicted molar refractivity (Wildman–Crippen MR) is 99.6 cm³/mol. The number of aryl methyl sites for hydroxylation is 1. The molecule has 0 bridgehead atoms. The minimum atomic E-state index is -3.47. The molecule has 124 valence electrons. The van der Waals surface area contributed by atoms with Gasteiger partial charge in [-0.3, -0.25) is 4.72 Å². The molecule has 1 heterocycles. The molecule has 0 amide bonds. The SMILES string of the molecule is CCc1ccc(-c2csc(NS(=O)(=O)Cc3ccccc3)n2)cc1. The van der Waals surface area contributed by atoms with Crippen LogP contribution in [0, 0.1) is 0 Å². The average Bonchev–Trinajstić information content (AvgIpc) is 3.03. The van der Waals surface area contributed by atoms with E-state index in [1.165, 1.54) is 16.9 Å². The molecule has 24 heavy (non-hydrogen) atoms. The third-order valence-corrected chi connectivity index (χ3v) is 5.71. The number of hydrogen-bond acceptors (Lipinski definition) is 4. The summed E-state index contributed by atoms with van der Waals surface area (Å²) in [5, 5.41) is 2.25. The quantitative estimate of drug-likeness (QED) is 0.714. The van der Waals surface area contributed by atoms with Gasteiger partial charge in [0, 0.05) is 10.9 Å². The summed E-state index contributed by atoms with van der Waals surface area (Å²) in [5.74, 6) is -0.0616. The standard InChI is InChI=1S/C18H18N2O2S2/c1-2-14-8-10-16(11-9-14)17-12-23-18(19-17)20-24(21,22)13-15-6-4-3-5-7-15/h3-12H,2,13H2,1H3,(H,19,20). The zero-order valence-corrected chi connectivity index (χ0v) is 14.9.